The number of likely N-dealkylation sites (tertiary alicyclic amines) is 1. The minimum Gasteiger partial charge on any atom is -0.406 e. The van der Waals surface area contributed by atoms with Gasteiger partial charge in [0.25, 0.3) is 0 Å². The number of carbonyl (C=O) groups is 1. The molecule has 0 radical (unpaired) electrons. The zero-order valence-electron chi connectivity index (χ0n) is 20.5. The summed E-state index contributed by atoms with van der Waals surface area (Å²) in [7, 11) is 0. The molecule has 1 aromatic heterocycles. The highest BCUT2D eigenvalue weighted by molar-refractivity contribution is 5.75. The summed E-state index contributed by atoms with van der Waals surface area (Å²) in [5, 5.41) is 7.73. The number of alkyl halides is 3. The van der Waals surface area contributed by atoms with Crippen molar-refractivity contribution in [3.05, 3.63) is 71.4 Å². The first-order chi connectivity index (χ1) is 17.8. The number of ether oxygens (including phenoxy) is 2. The van der Waals surface area contributed by atoms with E-state index in [1.807, 2.05) is 42.2 Å². The van der Waals surface area contributed by atoms with Crippen molar-refractivity contribution in [3.63, 3.8) is 0 Å². The lowest BCUT2D eigenvalue weighted by Gasteiger charge is -2.41. The molecule has 1 N–H and O–H groups in total. The molecular weight excluding hydrogens is 485 g/mol. The van der Waals surface area contributed by atoms with E-state index in [1.54, 1.807) is 17.0 Å². The summed E-state index contributed by atoms with van der Waals surface area (Å²) in [5.41, 5.74) is 4.79. The molecule has 2 saturated heterocycles. The fourth-order valence-corrected chi connectivity index (χ4v) is 5.16. The van der Waals surface area contributed by atoms with Crippen molar-refractivity contribution in [2.75, 3.05) is 39.4 Å². The molecule has 2 aromatic carbocycles. The lowest BCUT2D eigenvalue weighted by molar-refractivity contribution is -0.274. The molecule has 7 nitrogen and oxygen atoms in total. The van der Waals surface area contributed by atoms with Gasteiger partial charge in [0, 0.05) is 49.3 Å². The normalized spacial score (nSPS) is 20.6. The number of halogens is 3. The molecule has 2 unspecified atom stereocenters. The molecule has 0 saturated carbocycles. The monoisotopic (exact) mass is 514 g/mol. The van der Waals surface area contributed by atoms with Gasteiger partial charge in [-0.05, 0) is 42.7 Å². The molecule has 2 aliphatic rings. The van der Waals surface area contributed by atoms with Gasteiger partial charge in [-0.3, -0.25) is 5.10 Å². The Kier molecular flexibility index (Phi) is 7.10. The number of aromatic nitrogens is 2. The van der Waals surface area contributed by atoms with Crippen LogP contribution in [0, 0.1) is 6.92 Å². The third-order valence-corrected chi connectivity index (χ3v) is 7.05. The standard InChI is InChI=1S/C27H29F3N4O3/c1-18-4-2-3-5-23(18)25-15-24(31-32-25)21-14-20(19-6-8-22(9-7-19)37-27(28,29)30)16-34(17-21)26(35)33-10-12-36-13-11-33/h2-9,15,20-21H,10-14,16-17H2,1H3,(H,31,32). The number of nitrogens with one attached hydrogen (secondary N) is 1. The Balaban J connectivity index is 1.40. The smallest absolute Gasteiger partial charge is 0.406 e. The van der Waals surface area contributed by atoms with E-state index in [0.29, 0.717) is 39.4 Å². The van der Waals surface area contributed by atoms with Gasteiger partial charge in [-0.25, -0.2) is 4.79 Å². The molecular formula is C27H29F3N4O3. The molecule has 0 bridgehead atoms. The van der Waals surface area contributed by atoms with Crippen LogP contribution in [0.1, 0.15) is 35.1 Å². The summed E-state index contributed by atoms with van der Waals surface area (Å²) >= 11 is 0. The second-order valence-electron chi connectivity index (χ2n) is 9.56. The van der Waals surface area contributed by atoms with E-state index in [9.17, 15) is 18.0 Å². The van der Waals surface area contributed by atoms with Crippen LogP contribution in [0.4, 0.5) is 18.0 Å². The molecule has 2 fully saturated rings. The number of nitrogens with zero attached hydrogens (tertiary/aromatic N) is 3. The van der Waals surface area contributed by atoms with Gasteiger partial charge < -0.3 is 19.3 Å². The van der Waals surface area contributed by atoms with Crippen LogP contribution in [0.15, 0.2) is 54.6 Å². The Labute approximate surface area is 213 Å². The van der Waals surface area contributed by atoms with Gasteiger partial charge in [0.05, 0.1) is 18.9 Å². The number of H-pyrrole nitrogens is 1. The lowest BCUT2D eigenvalue weighted by Crippen LogP contribution is -2.52. The number of urea groups is 1. The summed E-state index contributed by atoms with van der Waals surface area (Å²) in [4.78, 5) is 17.1. The molecule has 3 heterocycles. The average Bonchev–Trinajstić information content (AvgIpc) is 3.38. The molecule has 3 aromatic rings. The number of morpholine rings is 1. The second-order valence-corrected chi connectivity index (χ2v) is 9.56. The molecule has 5 rings (SSSR count). The molecule has 0 spiro atoms. The molecule has 196 valence electrons. The zero-order chi connectivity index (χ0) is 26.0. The minimum atomic E-state index is -4.74. The van der Waals surface area contributed by atoms with E-state index in [4.69, 9.17) is 4.74 Å². The molecule has 2 aliphatic heterocycles. The van der Waals surface area contributed by atoms with Crippen LogP contribution in [0.2, 0.25) is 0 Å². The van der Waals surface area contributed by atoms with Gasteiger partial charge in [0.2, 0.25) is 0 Å². The van der Waals surface area contributed by atoms with E-state index in [-0.39, 0.29) is 23.6 Å². The summed E-state index contributed by atoms with van der Waals surface area (Å²) in [6, 6.07) is 16.0. The summed E-state index contributed by atoms with van der Waals surface area (Å²) in [6.45, 7) is 5.13. The highest BCUT2D eigenvalue weighted by Crippen LogP contribution is 2.37. The van der Waals surface area contributed by atoms with Crippen LogP contribution in [0.3, 0.4) is 0 Å². The van der Waals surface area contributed by atoms with Gasteiger partial charge in [-0.1, -0.05) is 36.4 Å². The zero-order valence-corrected chi connectivity index (χ0v) is 20.5. The first-order valence-electron chi connectivity index (χ1n) is 12.4. The fourth-order valence-electron chi connectivity index (χ4n) is 5.16. The van der Waals surface area contributed by atoms with Gasteiger partial charge in [-0.15, -0.1) is 13.2 Å². The molecule has 10 heteroatoms. The molecule has 0 aliphatic carbocycles. The van der Waals surface area contributed by atoms with E-state index in [2.05, 4.69) is 14.9 Å². The number of carbonyl (C=O) groups excluding carboxylic acids is 1. The van der Waals surface area contributed by atoms with Crippen molar-refractivity contribution >= 4 is 6.03 Å². The number of aromatic amines is 1. The van der Waals surface area contributed by atoms with E-state index in [0.717, 1.165) is 34.5 Å². The number of piperidine rings is 1. The Morgan fingerprint density at radius 1 is 1.03 bits per heavy atom. The van der Waals surface area contributed by atoms with Crippen molar-refractivity contribution < 1.29 is 27.4 Å². The van der Waals surface area contributed by atoms with E-state index >= 15 is 0 Å². The largest absolute Gasteiger partial charge is 0.573 e. The van der Waals surface area contributed by atoms with Crippen molar-refractivity contribution in [2.24, 2.45) is 0 Å². The van der Waals surface area contributed by atoms with Gasteiger partial charge in [0.15, 0.2) is 0 Å². The summed E-state index contributed by atoms with van der Waals surface area (Å²) < 4.78 is 47.3. The van der Waals surface area contributed by atoms with Gasteiger partial charge >= 0.3 is 12.4 Å². The fraction of sp³-hybridized carbons (Fsp3) is 0.407. The van der Waals surface area contributed by atoms with Crippen LogP contribution in [0.25, 0.3) is 11.3 Å². The maximum absolute atomic E-state index is 13.4. The predicted octanol–water partition coefficient (Wildman–Crippen LogP) is 5.31. The van der Waals surface area contributed by atoms with Gasteiger partial charge in [-0.2, -0.15) is 5.10 Å². The minimum absolute atomic E-state index is 0.0138. The Bertz CT molecular complexity index is 1220. The quantitative estimate of drug-likeness (QED) is 0.513. The maximum Gasteiger partial charge on any atom is 0.573 e. The topological polar surface area (TPSA) is 70.7 Å². The van der Waals surface area contributed by atoms with Crippen molar-refractivity contribution in [3.8, 4) is 17.0 Å². The number of aryl methyl sites for hydroxylation is 1. The van der Waals surface area contributed by atoms with E-state index in [1.165, 1.54) is 12.1 Å². The first kappa shape index (κ1) is 25.1. The molecule has 2 atom stereocenters. The van der Waals surface area contributed by atoms with Gasteiger partial charge in [0.1, 0.15) is 5.75 Å². The SMILES string of the molecule is Cc1ccccc1-c1cc(C2CC(c3ccc(OC(F)(F)F)cc3)CN(C(=O)N3CCOCC3)C2)[nH]n1. The van der Waals surface area contributed by atoms with Crippen LogP contribution < -0.4 is 4.74 Å². The van der Waals surface area contributed by atoms with Crippen molar-refractivity contribution in [2.45, 2.75) is 31.5 Å². The van der Waals surface area contributed by atoms with Crippen LogP contribution in [-0.2, 0) is 4.74 Å². The van der Waals surface area contributed by atoms with E-state index < -0.39 is 6.36 Å². The number of amides is 2. The van der Waals surface area contributed by atoms with Crippen molar-refractivity contribution in [1.82, 2.24) is 20.0 Å². The lowest BCUT2D eigenvalue weighted by atomic mass is 9.83. The Morgan fingerprint density at radius 3 is 2.43 bits per heavy atom. The molecule has 2 amide bonds. The van der Waals surface area contributed by atoms with Crippen LogP contribution in [-0.4, -0.2) is 71.8 Å². The third-order valence-electron chi connectivity index (χ3n) is 7.05. The Morgan fingerprint density at radius 2 is 1.73 bits per heavy atom. The predicted molar refractivity (Wildman–Crippen MR) is 131 cm³/mol. The third kappa shape index (κ3) is 5.90. The highest BCUT2D eigenvalue weighted by atomic mass is 19.4. The summed E-state index contributed by atoms with van der Waals surface area (Å²) in [6.07, 6.45) is -4.02. The maximum atomic E-state index is 13.4. The number of benzene rings is 2. The highest BCUT2D eigenvalue weighted by Gasteiger charge is 2.35. The molecule has 37 heavy (non-hydrogen) atoms. The van der Waals surface area contributed by atoms with Crippen molar-refractivity contribution in [1.29, 1.82) is 0 Å². The summed E-state index contributed by atoms with van der Waals surface area (Å²) in [5.74, 6) is -0.338. The second kappa shape index (κ2) is 10.5. The number of rotatable bonds is 4. The first-order valence-corrected chi connectivity index (χ1v) is 12.4. The number of hydrogen-bond donors (Lipinski definition) is 1. The Hall–Kier alpha value is -3.53. The van der Waals surface area contributed by atoms with Crippen LogP contribution in [0.5, 0.6) is 5.75 Å². The van der Waals surface area contributed by atoms with Crippen LogP contribution >= 0.6 is 0 Å². The average molecular weight is 515 g/mol. The number of hydrogen-bond acceptors (Lipinski definition) is 4.